The van der Waals surface area contributed by atoms with E-state index in [0.29, 0.717) is 11.1 Å². The summed E-state index contributed by atoms with van der Waals surface area (Å²) in [7, 11) is -7.86. The zero-order chi connectivity index (χ0) is 32.9. The van der Waals surface area contributed by atoms with Crippen LogP contribution in [0.2, 0.25) is 0 Å². The minimum Gasteiger partial charge on any atom is -0.339 e. The van der Waals surface area contributed by atoms with Gasteiger partial charge in [0.2, 0.25) is 11.9 Å². The van der Waals surface area contributed by atoms with Gasteiger partial charge in [0.25, 0.3) is 11.1 Å². The fourth-order valence-electron chi connectivity index (χ4n) is 4.72. The minimum absolute atomic E-state index is 0.0150. The van der Waals surface area contributed by atoms with Crippen LogP contribution < -0.4 is 21.8 Å². The van der Waals surface area contributed by atoms with Crippen LogP contribution in [0.15, 0.2) is 46.5 Å². The van der Waals surface area contributed by atoms with Crippen LogP contribution in [-0.2, 0) is 27.2 Å². The lowest BCUT2D eigenvalue weighted by Gasteiger charge is -2.29. The first-order valence-electron chi connectivity index (χ1n) is 14.4. The Labute approximate surface area is 261 Å². The van der Waals surface area contributed by atoms with Crippen molar-refractivity contribution in [2.75, 3.05) is 37.1 Å². The maximum atomic E-state index is 14.1. The molecule has 0 aliphatic rings. The second-order valence-electron chi connectivity index (χ2n) is 9.54. The van der Waals surface area contributed by atoms with Crippen molar-refractivity contribution in [1.29, 1.82) is 0 Å². The standard InChI is InChI=1S/C26H34N10O8P2/c1-5-41-45(39,42-6-2)23(35-25-31-19-17(21(37)33-25)27-13-29-19)15-9-11-16(12-10-15)24(46(40,43-7-3)44-8-4)36-26-32-20-18(22(38)34-26)28-14-30-20/h9-14,23-24H,5-8H2,1-4H3,(H3,27,29,31,33,35,37)(H3,28,30,32,34,36,38). The summed E-state index contributed by atoms with van der Waals surface area (Å²) in [4.78, 5) is 52.6. The van der Waals surface area contributed by atoms with E-state index in [1.807, 2.05) is 0 Å². The number of imidazole rings is 2. The lowest BCUT2D eigenvalue weighted by molar-refractivity contribution is 0.213. The third-order valence-corrected chi connectivity index (χ3v) is 11.2. The first-order chi connectivity index (χ1) is 22.1. The number of hydrogen-bond acceptors (Lipinski definition) is 14. The number of nitrogens with zero attached hydrogens (tertiary/aromatic N) is 4. The van der Waals surface area contributed by atoms with Crippen molar-refractivity contribution in [2.45, 2.75) is 39.3 Å². The van der Waals surface area contributed by atoms with E-state index in [-0.39, 0.29) is 60.7 Å². The molecule has 246 valence electrons. The summed E-state index contributed by atoms with van der Waals surface area (Å²) in [5, 5.41) is 5.99. The first-order valence-corrected chi connectivity index (χ1v) is 17.6. The Morgan fingerprint density at radius 1 is 0.652 bits per heavy atom. The summed E-state index contributed by atoms with van der Waals surface area (Å²) in [6.45, 7) is 6.98. The molecule has 46 heavy (non-hydrogen) atoms. The van der Waals surface area contributed by atoms with Crippen molar-refractivity contribution in [2.24, 2.45) is 0 Å². The molecule has 0 spiro atoms. The lowest BCUT2D eigenvalue weighted by atomic mass is 10.1. The first kappa shape index (κ1) is 33.2. The molecule has 0 aliphatic carbocycles. The van der Waals surface area contributed by atoms with Gasteiger partial charge in [-0.05, 0) is 38.8 Å². The average Bonchev–Trinajstić information content (AvgIpc) is 3.70. The fourth-order valence-corrected chi connectivity index (χ4v) is 8.54. The third kappa shape index (κ3) is 6.82. The summed E-state index contributed by atoms with van der Waals surface area (Å²) >= 11 is 0. The Hall–Kier alpha value is -4.18. The van der Waals surface area contributed by atoms with E-state index in [2.05, 4.69) is 50.5 Å². The maximum absolute atomic E-state index is 14.1. The van der Waals surface area contributed by atoms with Crippen LogP contribution in [0.4, 0.5) is 11.9 Å². The quantitative estimate of drug-likeness (QED) is 0.0796. The van der Waals surface area contributed by atoms with Gasteiger partial charge in [-0.2, -0.15) is 9.97 Å². The molecule has 20 heteroatoms. The van der Waals surface area contributed by atoms with Gasteiger partial charge in [-0.3, -0.25) is 28.7 Å². The van der Waals surface area contributed by atoms with Gasteiger partial charge in [0.15, 0.2) is 33.9 Å². The summed E-state index contributed by atoms with van der Waals surface area (Å²) < 4.78 is 50.9. The molecule has 4 heterocycles. The van der Waals surface area contributed by atoms with E-state index in [9.17, 15) is 18.7 Å². The molecule has 0 saturated heterocycles. The van der Waals surface area contributed by atoms with Crippen LogP contribution in [-0.4, -0.2) is 66.3 Å². The molecule has 0 fully saturated rings. The Kier molecular flexibility index (Phi) is 10.2. The second-order valence-corrected chi connectivity index (χ2v) is 13.8. The highest BCUT2D eigenvalue weighted by Crippen LogP contribution is 2.62. The monoisotopic (exact) mass is 676 g/mol. The molecule has 2 atom stereocenters. The second kappa shape index (κ2) is 14.1. The van der Waals surface area contributed by atoms with Crippen molar-refractivity contribution in [1.82, 2.24) is 39.9 Å². The molecule has 18 nitrogen and oxygen atoms in total. The lowest BCUT2D eigenvalue weighted by Crippen LogP contribution is -2.21. The smallest absolute Gasteiger partial charge is 0.339 e. The van der Waals surface area contributed by atoms with Gasteiger partial charge in [0.1, 0.15) is 0 Å². The summed E-state index contributed by atoms with van der Waals surface area (Å²) in [5.41, 5.74) is 0.528. The van der Waals surface area contributed by atoms with Gasteiger partial charge < -0.3 is 38.7 Å². The van der Waals surface area contributed by atoms with Crippen molar-refractivity contribution < 1.29 is 27.2 Å². The van der Waals surface area contributed by atoms with E-state index in [1.165, 1.54) is 12.7 Å². The number of aromatic amines is 4. The van der Waals surface area contributed by atoms with Crippen LogP contribution in [0.1, 0.15) is 50.4 Å². The fraction of sp³-hybridized carbons (Fsp3) is 0.385. The third-order valence-electron chi connectivity index (χ3n) is 6.58. The van der Waals surface area contributed by atoms with E-state index >= 15 is 0 Å². The molecule has 5 rings (SSSR count). The Balaban J connectivity index is 1.57. The number of fused-ring (bicyclic) bond motifs is 2. The molecule has 0 bridgehead atoms. The highest BCUT2D eigenvalue weighted by Gasteiger charge is 2.40. The van der Waals surface area contributed by atoms with Crippen LogP contribution >= 0.6 is 15.2 Å². The van der Waals surface area contributed by atoms with Crippen LogP contribution in [0.3, 0.4) is 0 Å². The number of nitrogens with one attached hydrogen (secondary N) is 6. The summed E-state index contributed by atoms with van der Waals surface area (Å²) in [6.07, 6.45) is 2.67. The van der Waals surface area contributed by atoms with Gasteiger partial charge >= 0.3 is 15.2 Å². The van der Waals surface area contributed by atoms with Gasteiger partial charge in [0.05, 0.1) is 39.1 Å². The molecule has 5 aromatic rings. The molecular formula is C26H34N10O8P2. The Morgan fingerprint density at radius 2 is 1.00 bits per heavy atom. The molecule has 4 aromatic heterocycles. The Bertz CT molecular complexity index is 1840. The van der Waals surface area contributed by atoms with Gasteiger partial charge in [-0.15, -0.1) is 0 Å². The SMILES string of the molecule is CCOP(=O)(OCC)C(Nc1nc2nc[nH]c2c(=O)[nH]1)c1ccc(C(Nc2nc3nc[nH]c3c(=O)[nH]2)P(=O)(OCC)OCC)cc1. The predicted molar refractivity (Wildman–Crippen MR) is 170 cm³/mol. The van der Waals surface area contributed by atoms with Crippen LogP contribution in [0.5, 0.6) is 0 Å². The summed E-state index contributed by atoms with van der Waals surface area (Å²) in [5.74, 6) is -2.31. The highest BCUT2D eigenvalue weighted by molar-refractivity contribution is 7.54. The molecule has 0 aliphatic heterocycles. The molecule has 6 N–H and O–H groups in total. The normalized spacial score (nSPS) is 13.7. The minimum atomic E-state index is -3.93. The molecule has 0 amide bonds. The zero-order valence-corrected chi connectivity index (χ0v) is 27.2. The molecular weight excluding hydrogens is 642 g/mol. The van der Waals surface area contributed by atoms with Crippen LogP contribution in [0.25, 0.3) is 22.3 Å². The number of H-pyrrole nitrogens is 4. The number of rotatable bonds is 16. The molecule has 1 aromatic carbocycles. The van der Waals surface area contributed by atoms with E-state index in [0.717, 1.165) is 0 Å². The van der Waals surface area contributed by atoms with Crippen molar-refractivity contribution >= 4 is 49.4 Å². The van der Waals surface area contributed by atoms with E-state index in [4.69, 9.17) is 18.1 Å². The van der Waals surface area contributed by atoms with Crippen molar-refractivity contribution in [3.05, 3.63) is 68.8 Å². The zero-order valence-electron chi connectivity index (χ0n) is 25.4. The van der Waals surface area contributed by atoms with Crippen molar-refractivity contribution in [3.8, 4) is 0 Å². The summed E-state index contributed by atoms with van der Waals surface area (Å²) in [6, 6.07) is 6.47. The molecule has 0 radical (unpaired) electrons. The van der Waals surface area contributed by atoms with Gasteiger partial charge in [-0.1, -0.05) is 24.3 Å². The average molecular weight is 677 g/mol. The van der Waals surface area contributed by atoms with Gasteiger partial charge in [0, 0.05) is 0 Å². The Morgan fingerprint density at radius 3 is 1.33 bits per heavy atom. The van der Waals surface area contributed by atoms with Crippen LogP contribution in [0, 0.1) is 0 Å². The molecule has 2 unspecified atom stereocenters. The topological polar surface area (TPSA) is 244 Å². The number of hydrogen-bond donors (Lipinski definition) is 6. The number of aromatic nitrogens is 8. The maximum Gasteiger partial charge on any atom is 0.357 e. The predicted octanol–water partition coefficient (Wildman–Crippen LogP) is 4.36. The molecule has 0 saturated carbocycles. The number of benzene rings is 1. The largest absolute Gasteiger partial charge is 0.357 e. The highest BCUT2D eigenvalue weighted by atomic mass is 31.2. The van der Waals surface area contributed by atoms with E-state index in [1.54, 1.807) is 52.0 Å². The van der Waals surface area contributed by atoms with Crippen molar-refractivity contribution in [3.63, 3.8) is 0 Å². The van der Waals surface area contributed by atoms with Gasteiger partial charge in [-0.25, -0.2) is 9.97 Å². The number of anilines is 2. The van der Waals surface area contributed by atoms with E-state index < -0.39 is 37.9 Å².